The first-order chi connectivity index (χ1) is 7.91. The molecule has 1 amide bonds. The molecule has 1 aliphatic carbocycles. The summed E-state index contributed by atoms with van der Waals surface area (Å²) in [6.45, 7) is 3.54. The number of anilines is 2. The highest BCUT2D eigenvalue weighted by atomic mass is 32.1. The Morgan fingerprint density at radius 1 is 1.47 bits per heavy atom. The van der Waals surface area contributed by atoms with Crippen LogP contribution in [0.2, 0.25) is 0 Å². The van der Waals surface area contributed by atoms with Crippen LogP contribution >= 0.6 is 11.3 Å². The second kappa shape index (κ2) is 4.03. The maximum absolute atomic E-state index is 11.4. The molecule has 2 atom stereocenters. The van der Waals surface area contributed by atoms with Gasteiger partial charge in [-0.15, -0.1) is 11.3 Å². The van der Waals surface area contributed by atoms with Crippen LogP contribution in [-0.4, -0.2) is 17.7 Å². The van der Waals surface area contributed by atoms with Crippen LogP contribution in [0, 0.1) is 5.92 Å². The Kier molecular flexibility index (Phi) is 2.82. The number of hydrogen-bond donors (Lipinski definition) is 3. The summed E-state index contributed by atoms with van der Waals surface area (Å²) in [6, 6.07) is 0.353. The molecule has 2 rings (SSSR count). The Morgan fingerprint density at radius 2 is 2.06 bits per heavy atom. The fourth-order valence-corrected chi connectivity index (χ4v) is 2.83. The average molecular weight is 253 g/mol. The molecule has 1 aromatic heterocycles. The zero-order valence-corrected chi connectivity index (χ0v) is 10.6. The van der Waals surface area contributed by atoms with E-state index >= 15 is 0 Å². The number of amides is 1. The quantitative estimate of drug-likeness (QED) is 0.707. The van der Waals surface area contributed by atoms with Gasteiger partial charge >= 0.3 is 0 Å². The molecule has 6 heteroatoms. The van der Waals surface area contributed by atoms with Crippen LogP contribution in [0.1, 0.15) is 40.3 Å². The van der Waals surface area contributed by atoms with E-state index in [1.54, 1.807) is 0 Å². The highest BCUT2D eigenvalue weighted by Crippen LogP contribution is 2.40. The Morgan fingerprint density at radius 3 is 2.47 bits per heavy atom. The van der Waals surface area contributed by atoms with E-state index in [0.29, 0.717) is 21.8 Å². The molecule has 92 valence electrons. The first-order valence-electron chi connectivity index (χ1n) is 5.41. The molecule has 1 saturated carbocycles. The molecular weight excluding hydrogens is 238 g/mol. The Labute approximate surface area is 103 Å². The summed E-state index contributed by atoms with van der Waals surface area (Å²) in [5, 5.41) is 3.84. The van der Waals surface area contributed by atoms with Gasteiger partial charge in [0.1, 0.15) is 5.00 Å². The summed E-state index contributed by atoms with van der Waals surface area (Å²) in [4.78, 5) is 23.1. The van der Waals surface area contributed by atoms with Crippen LogP contribution in [0.3, 0.4) is 0 Å². The fraction of sp³-hybridized carbons (Fsp3) is 0.455. The van der Waals surface area contributed by atoms with Crippen LogP contribution < -0.4 is 16.8 Å². The molecule has 0 saturated heterocycles. The monoisotopic (exact) mass is 253 g/mol. The third kappa shape index (κ3) is 2.12. The largest absolute Gasteiger partial charge is 0.397 e. The molecule has 1 aliphatic rings. The summed E-state index contributed by atoms with van der Waals surface area (Å²) in [6.07, 6.45) is 1.06. The maximum Gasteiger partial charge on any atom is 0.253 e. The number of rotatable bonds is 4. The number of hydrogen-bond acceptors (Lipinski definition) is 5. The molecule has 0 aliphatic heterocycles. The highest BCUT2D eigenvalue weighted by Gasteiger charge is 2.34. The van der Waals surface area contributed by atoms with Crippen molar-refractivity contribution in [1.29, 1.82) is 0 Å². The zero-order valence-electron chi connectivity index (χ0n) is 9.74. The average Bonchev–Trinajstić information content (AvgIpc) is 2.76. The molecule has 1 heterocycles. The molecule has 0 radical (unpaired) electrons. The summed E-state index contributed by atoms with van der Waals surface area (Å²) in [5.41, 5.74) is 11.5. The highest BCUT2D eigenvalue weighted by molar-refractivity contribution is 7.19. The fourth-order valence-electron chi connectivity index (χ4n) is 1.74. The lowest BCUT2D eigenvalue weighted by atomic mass is 10.2. The number of thiophene rings is 1. The van der Waals surface area contributed by atoms with E-state index in [-0.39, 0.29) is 17.0 Å². The lowest BCUT2D eigenvalue weighted by molar-refractivity contribution is 0.100. The molecule has 1 fully saturated rings. The van der Waals surface area contributed by atoms with E-state index < -0.39 is 5.91 Å². The van der Waals surface area contributed by atoms with E-state index in [2.05, 4.69) is 12.2 Å². The Hall–Kier alpha value is -1.56. The van der Waals surface area contributed by atoms with Crippen LogP contribution in [0.5, 0.6) is 0 Å². The number of nitrogens with one attached hydrogen (secondary N) is 1. The number of Topliss-reactive ketones (excluding diaryl/α,β-unsaturated/α-hetero) is 1. The van der Waals surface area contributed by atoms with Crippen molar-refractivity contribution < 1.29 is 9.59 Å². The Bertz CT molecular complexity index is 495. The van der Waals surface area contributed by atoms with Gasteiger partial charge in [-0.1, -0.05) is 6.92 Å². The summed E-state index contributed by atoms with van der Waals surface area (Å²) < 4.78 is 0. The SMILES string of the molecule is CC(=O)c1sc(NC2CC2C)c(C(N)=O)c1N. The van der Waals surface area contributed by atoms with Gasteiger partial charge in [-0.05, 0) is 12.3 Å². The predicted octanol–water partition coefficient (Wildman–Crippen LogP) is 1.45. The number of primary amides is 1. The van der Waals surface area contributed by atoms with Gasteiger partial charge in [0.25, 0.3) is 5.91 Å². The van der Waals surface area contributed by atoms with E-state index in [9.17, 15) is 9.59 Å². The molecule has 0 aromatic carbocycles. The lowest BCUT2D eigenvalue weighted by Gasteiger charge is -2.03. The van der Waals surface area contributed by atoms with E-state index in [1.165, 1.54) is 18.3 Å². The van der Waals surface area contributed by atoms with Crippen LogP contribution in [0.4, 0.5) is 10.7 Å². The number of ketones is 1. The number of carbonyl (C=O) groups is 2. The third-order valence-corrected chi connectivity index (χ3v) is 4.17. The molecular formula is C11H15N3O2S. The summed E-state index contributed by atoms with van der Waals surface area (Å²) in [7, 11) is 0. The molecule has 1 aromatic rings. The van der Waals surface area contributed by atoms with Crippen molar-refractivity contribution in [2.45, 2.75) is 26.3 Å². The van der Waals surface area contributed by atoms with Crippen molar-refractivity contribution in [3.63, 3.8) is 0 Å². The van der Waals surface area contributed by atoms with Gasteiger partial charge < -0.3 is 16.8 Å². The number of nitrogens with two attached hydrogens (primary N) is 2. The normalized spacial score (nSPS) is 22.2. The standard InChI is InChI=1S/C11H15N3O2S/c1-4-3-6(4)14-11-7(10(13)16)8(12)9(17-11)5(2)15/h4,6,14H,3,12H2,1-2H3,(H2,13,16). The van der Waals surface area contributed by atoms with Crippen molar-refractivity contribution in [3.05, 3.63) is 10.4 Å². The molecule has 0 spiro atoms. The molecule has 2 unspecified atom stereocenters. The minimum atomic E-state index is -0.595. The van der Waals surface area contributed by atoms with Crippen molar-refractivity contribution in [2.75, 3.05) is 11.1 Å². The van der Waals surface area contributed by atoms with Crippen LogP contribution in [0.15, 0.2) is 0 Å². The van der Waals surface area contributed by atoms with E-state index in [1.807, 2.05) is 0 Å². The number of nitrogen functional groups attached to an aromatic ring is 1. The second-order valence-corrected chi connectivity index (χ2v) is 5.45. The first kappa shape index (κ1) is 11.9. The van der Waals surface area contributed by atoms with Gasteiger partial charge in [0.2, 0.25) is 0 Å². The minimum Gasteiger partial charge on any atom is -0.397 e. The van der Waals surface area contributed by atoms with Gasteiger partial charge in [0.05, 0.1) is 16.1 Å². The molecule has 17 heavy (non-hydrogen) atoms. The van der Waals surface area contributed by atoms with Gasteiger partial charge in [0.15, 0.2) is 5.78 Å². The van der Waals surface area contributed by atoms with Crippen molar-refractivity contribution in [1.82, 2.24) is 0 Å². The lowest BCUT2D eigenvalue weighted by Crippen LogP contribution is -2.15. The second-order valence-electron chi connectivity index (χ2n) is 4.43. The summed E-state index contributed by atoms with van der Waals surface area (Å²) in [5.74, 6) is -0.159. The summed E-state index contributed by atoms with van der Waals surface area (Å²) >= 11 is 1.21. The van der Waals surface area contributed by atoms with Gasteiger partial charge in [-0.25, -0.2) is 0 Å². The molecule has 5 N–H and O–H groups in total. The van der Waals surface area contributed by atoms with Crippen molar-refractivity contribution in [3.8, 4) is 0 Å². The van der Waals surface area contributed by atoms with Crippen molar-refractivity contribution >= 4 is 33.7 Å². The van der Waals surface area contributed by atoms with Crippen LogP contribution in [0.25, 0.3) is 0 Å². The Balaban J connectivity index is 2.38. The molecule has 5 nitrogen and oxygen atoms in total. The molecule has 0 bridgehead atoms. The van der Waals surface area contributed by atoms with Gasteiger partial charge in [-0.3, -0.25) is 9.59 Å². The van der Waals surface area contributed by atoms with E-state index in [0.717, 1.165) is 6.42 Å². The smallest absolute Gasteiger partial charge is 0.253 e. The van der Waals surface area contributed by atoms with E-state index in [4.69, 9.17) is 11.5 Å². The minimum absolute atomic E-state index is 0.146. The van der Waals surface area contributed by atoms with Crippen LogP contribution in [-0.2, 0) is 0 Å². The van der Waals surface area contributed by atoms with Gasteiger partial charge in [0, 0.05) is 13.0 Å². The van der Waals surface area contributed by atoms with Gasteiger partial charge in [-0.2, -0.15) is 0 Å². The maximum atomic E-state index is 11.4. The topological polar surface area (TPSA) is 98.2 Å². The van der Waals surface area contributed by atoms with Crippen molar-refractivity contribution in [2.24, 2.45) is 11.7 Å². The third-order valence-electron chi connectivity index (χ3n) is 2.94. The number of carbonyl (C=O) groups excluding carboxylic acids is 2. The zero-order chi connectivity index (χ0) is 12.7. The first-order valence-corrected chi connectivity index (χ1v) is 6.23. The predicted molar refractivity (Wildman–Crippen MR) is 68.4 cm³/mol.